The molecule has 1 aliphatic heterocycles. The molecule has 2 aromatic carbocycles. The van der Waals surface area contributed by atoms with Crippen molar-refractivity contribution in [1.29, 1.82) is 0 Å². The molecule has 0 bridgehead atoms. The number of aryl methyl sites for hydroxylation is 1. The first-order valence-corrected chi connectivity index (χ1v) is 9.35. The summed E-state index contributed by atoms with van der Waals surface area (Å²) in [5.41, 5.74) is 3.20. The third-order valence-electron chi connectivity index (χ3n) is 5.37. The van der Waals surface area contributed by atoms with Crippen LogP contribution in [0.25, 0.3) is 10.9 Å². The molecule has 0 atom stereocenters. The van der Waals surface area contributed by atoms with E-state index in [0.717, 1.165) is 35.4 Å². The second-order valence-electron chi connectivity index (χ2n) is 7.07. The number of nitro benzene ring substituents is 1. The first-order valence-electron chi connectivity index (χ1n) is 9.35. The number of aromatic nitrogens is 1. The number of hydrogen-bond donors (Lipinski definition) is 0. The van der Waals surface area contributed by atoms with Crippen molar-refractivity contribution in [2.45, 2.75) is 13.5 Å². The lowest BCUT2D eigenvalue weighted by Gasteiger charge is -2.36. The molecule has 1 aromatic heterocycles. The quantitative estimate of drug-likeness (QED) is 0.516. The van der Waals surface area contributed by atoms with Gasteiger partial charge in [0.15, 0.2) is 0 Å². The third kappa shape index (κ3) is 3.43. The molecule has 28 heavy (non-hydrogen) atoms. The molecule has 3 aromatic rings. The Morgan fingerprint density at radius 1 is 1.04 bits per heavy atom. The van der Waals surface area contributed by atoms with E-state index in [0.29, 0.717) is 19.6 Å². The topological polar surface area (TPSA) is 71.6 Å². The minimum Gasteiger partial charge on any atom is -0.368 e. The molecule has 0 spiro atoms. The Kier molecular flexibility index (Phi) is 4.73. The van der Waals surface area contributed by atoms with E-state index in [1.54, 1.807) is 12.1 Å². The summed E-state index contributed by atoms with van der Waals surface area (Å²) in [5, 5.41) is 11.9. The fourth-order valence-corrected chi connectivity index (χ4v) is 3.79. The predicted molar refractivity (Wildman–Crippen MR) is 109 cm³/mol. The predicted octanol–water partition coefficient (Wildman–Crippen LogP) is 3.21. The van der Waals surface area contributed by atoms with Crippen molar-refractivity contribution in [3.05, 3.63) is 70.4 Å². The number of para-hydroxylation sites is 1. The van der Waals surface area contributed by atoms with E-state index in [1.165, 1.54) is 12.1 Å². The number of fused-ring (bicyclic) bond motifs is 1. The van der Waals surface area contributed by atoms with Crippen molar-refractivity contribution in [2.75, 3.05) is 31.1 Å². The zero-order valence-corrected chi connectivity index (χ0v) is 15.7. The Morgan fingerprint density at radius 2 is 1.71 bits per heavy atom. The zero-order chi connectivity index (χ0) is 19.7. The van der Waals surface area contributed by atoms with Crippen molar-refractivity contribution in [1.82, 2.24) is 9.47 Å². The van der Waals surface area contributed by atoms with Gasteiger partial charge in [0, 0.05) is 55.2 Å². The van der Waals surface area contributed by atoms with Crippen LogP contribution in [0.2, 0.25) is 0 Å². The van der Waals surface area contributed by atoms with E-state index in [9.17, 15) is 14.9 Å². The second-order valence-corrected chi connectivity index (χ2v) is 7.07. The summed E-state index contributed by atoms with van der Waals surface area (Å²) < 4.78 is 2.07. The van der Waals surface area contributed by atoms with Crippen molar-refractivity contribution in [2.24, 2.45) is 0 Å². The van der Waals surface area contributed by atoms with E-state index in [2.05, 4.69) is 21.6 Å². The molecule has 4 rings (SSSR count). The molecule has 0 saturated carbocycles. The number of rotatable bonds is 4. The fraction of sp³-hybridized carbons (Fsp3) is 0.286. The lowest BCUT2D eigenvalue weighted by molar-refractivity contribution is -0.384. The number of hydrogen-bond acceptors (Lipinski definition) is 4. The number of anilines is 1. The van der Waals surface area contributed by atoms with Gasteiger partial charge in [-0.05, 0) is 36.6 Å². The first kappa shape index (κ1) is 18.0. The summed E-state index contributed by atoms with van der Waals surface area (Å²) in [4.78, 5) is 27.3. The molecule has 144 valence electrons. The Balaban J connectivity index is 1.40. The average Bonchev–Trinajstić information content (AvgIpc) is 3.03. The van der Waals surface area contributed by atoms with E-state index < -0.39 is 4.92 Å². The monoisotopic (exact) mass is 378 g/mol. The minimum atomic E-state index is -0.396. The average molecular weight is 378 g/mol. The summed E-state index contributed by atoms with van der Waals surface area (Å²) in [6.45, 7) is 5.10. The van der Waals surface area contributed by atoms with Crippen molar-refractivity contribution in [3.8, 4) is 0 Å². The maximum Gasteiger partial charge on any atom is 0.269 e. The summed E-state index contributed by atoms with van der Waals surface area (Å²) in [6.07, 6.45) is 0. The third-order valence-corrected chi connectivity index (χ3v) is 5.37. The molecule has 0 radical (unpaired) electrons. The largest absolute Gasteiger partial charge is 0.368 e. The standard InChI is InChI=1S/C21H22N4O3/c1-16-14-17-4-2-3-5-20(17)24(16)15-21(26)23-12-10-22(11-13-23)18-6-8-19(9-7-18)25(27)28/h2-9,14H,10-13,15H2,1H3. The Morgan fingerprint density at radius 3 is 2.39 bits per heavy atom. The van der Waals surface area contributed by atoms with Crippen LogP contribution in [0.15, 0.2) is 54.6 Å². The normalized spacial score (nSPS) is 14.5. The number of carbonyl (C=O) groups excluding carboxylic acids is 1. The minimum absolute atomic E-state index is 0.0897. The van der Waals surface area contributed by atoms with Gasteiger partial charge in [-0.1, -0.05) is 18.2 Å². The number of non-ortho nitro benzene ring substituents is 1. The van der Waals surface area contributed by atoms with Crippen molar-refractivity contribution < 1.29 is 9.72 Å². The molecule has 7 nitrogen and oxygen atoms in total. The van der Waals surface area contributed by atoms with Crippen LogP contribution in [0.1, 0.15) is 5.69 Å². The number of carbonyl (C=O) groups is 1. The SMILES string of the molecule is Cc1cc2ccccc2n1CC(=O)N1CCN(c2ccc([N+](=O)[O-])cc2)CC1. The molecule has 0 N–H and O–H groups in total. The van der Waals surface area contributed by atoms with Crippen LogP contribution in [0.4, 0.5) is 11.4 Å². The Hall–Kier alpha value is -3.35. The molecule has 2 heterocycles. The molecule has 1 saturated heterocycles. The van der Waals surface area contributed by atoms with Gasteiger partial charge in [-0.25, -0.2) is 0 Å². The summed E-state index contributed by atoms with van der Waals surface area (Å²) in [6, 6.07) is 16.8. The number of nitrogens with zero attached hydrogens (tertiary/aromatic N) is 4. The van der Waals surface area contributed by atoms with E-state index >= 15 is 0 Å². The van der Waals surface area contributed by atoms with Crippen LogP contribution in [-0.2, 0) is 11.3 Å². The van der Waals surface area contributed by atoms with E-state index in [1.807, 2.05) is 30.0 Å². The van der Waals surface area contributed by atoms with Crippen LogP contribution in [0.3, 0.4) is 0 Å². The smallest absolute Gasteiger partial charge is 0.269 e. The van der Waals surface area contributed by atoms with Crippen LogP contribution >= 0.6 is 0 Å². The maximum absolute atomic E-state index is 12.8. The van der Waals surface area contributed by atoms with E-state index in [-0.39, 0.29) is 11.6 Å². The second kappa shape index (κ2) is 7.34. The molecule has 0 aliphatic carbocycles. The number of benzene rings is 2. The number of nitro groups is 1. The summed E-state index contributed by atoms with van der Waals surface area (Å²) >= 11 is 0. The molecular weight excluding hydrogens is 356 g/mol. The van der Waals surface area contributed by atoms with Crippen LogP contribution in [0.5, 0.6) is 0 Å². The zero-order valence-electron chi connectivity index (χ0n) is 15.7. The van der Waals surface area contributed by atoms with E-state index in [4.69, 9.17) is 0 Å². The first-order chi connectivity index (χ1) is 13.5. The highest BCUT2D eigenvalue weighted by atomic mass is 16.6. The summed E-state index contributed by atoms with van der Waals surface area (Å²) in [5.74, 6) is 0.118. The lowest BCUT2D eigenvalue weighted by Crippen LogP contribution is -2.49. The van der Waals surface area contributed by atoms with Gasteiger partial charge in [0.25, 0.3) is 5.69 Å². The molecule has 0 unspecified atom stereocenters. The Bertz CT molecular complexity index is 1020. The highest BCUT2D eigenvalue weighted by Crippen LogP contribution is 2.22. The molecular formula is C21H22N4O3. The van der Waals surface area contributed by atoms with Crippen LogP contribution in [0, 0.1) is 17.0 Å². The van der Waals surface area contributed by atoms with Gasteiger partial charge in [0.05, 0.1) is 4.92 Å². The van der Waals surface area contributed by atoms with Crippen LogP contribution in [-0.4, -0.2) is 46.5 Å². The highest BCUT2D eigenvalue weighted by molar-refractivity contribution is 5.84. The molecule has 1 aliphatic rings. The highest BCUT2D eigenvalue weighted by Gasteiger charge is 2.22. The van der Waals surface area contributed by atoms with Gasteiger partial charge >= 0.3 is 0 Å². The Labute approximate surface area is 162 Å². The molecule has 1 fully saturated rings. The van der Waals surface area contributed by atoms with Crippen molar-refractivity contribution in [3.63, 3.8) is 0 Å². The van der Waals surface area contributed by atoms with Crippen LogP contribution < -0.4 is 4.90 Å². The van der Waals surface area contributed by atoms with Gasteiger partial charge in [0.2, 0.25) is 5.91 Å². The maximum atomic E-state index is 12.8. The molecule has 1 amide bonds. The fourth-order valence-electron chi connectivity index (χ4n) is 3.79. The summed E-state index contributed by atoms with van der Waals surface area (Å²) in [7, 11) is 0. The van der Waals surface area contributed by atoms with Crippen molar-refractivity contribution >= 4 is 28.2 Å². The van der Waals surface area contributed by atoms with Gasteiger partial charge < -0.3 is 14.4 Å². The van der Waals surface area contributed by atoms with Gasteiger partial charge in [-0.15, -0.1) is 0 Å². The number of amides is 1. The molecule has 7 heteroatoms. The number of piperazine rings is 1. The van der Waals surface area contributed by atoms with Gasteiger partial charge in [0.1, 0.15) is 6.54 Å². The lowest BCUT2D eigenvalue weighted by atomic mass is 10.2. The van der Waals surface area contributed by atoms with Gasteiger partial charge in [-0.2, -0.15) is 0 Å². The van der Waals surface area contributed by atoms with Gasteiger partial charge in [-0.3, -0.25) is 14.9 Å².